The number of piperazine rings is 1. The molecule has 1 aromatic heterocycles. The number of ether oxygens (including phenoxy) is 1. The topological polar surface area (TPSA) is 45.7 Å². The minimum absolute atomic E-state index is 0.0238. The molecule has 4 rings (SSSR count). The maximum Gasteiger partial charge on any atom is 0.417 e. The summed E-state index contributed by atoms with van der Waals surface area (Å²) in [7, 11) is 0. The Labute approximate surface area is 171 Å². The van der Waals surface area contributed by atoms with Gasteiger partial charge in [-0.3, -0.25) is 4.79 Å². The highest BCUT2D eigenvalue weighted by Crippen LogP contribution is 2.31. The van der Waals surface area contributed by atoms with Crippen molar-refractivity contribution in [2.24, 2.45) is 5.92 Å². The summed E-state index contributed by atoms with van der Waals surface area (Å²) in [4.78, 5) is 20.5. The maximum atomic E-state index is 12.9. The molecule has 154 valence electrons. The molecule has 2 aromatic rings. The van der Waals surface area contributed by atoms with E-state index in [1.165, 1.54) is 6.07 Å². The highest BCUT2D eigenvalue weighted by Gasteiger charge is 2.33. The largest absolute Gasteiger partial charge is 0.492 e. The van der Waals surface area contributed by atoms with Crippen LogP contribution >= 0.6 is 11.6 Å². The van der Waals surface area contributed by atoms with Gasteiger partial charge in [-0.05, 0) is 42.3 Å². The Morgan fingerprint density at radius 3 is 2.55 bits per heavy atom. The smallest absolute Gasteiger partial charge is 0.417 e. The number of fused-ring (bicyclic) bond motifs is 1. The summed E-state index contributed by atoms with van der Waals surface area (Å²) in [5, 5.41) is 0.609. The van der Waals surface area contributed by atoms with Gasteiger partial charge in [0.1, 0.15) is 18.2 Å². The zero-order valence-electron chi connectivity index (χ0n) is 15.5. The lowest BCUT2D eigenvalue weighted by atomic mass is 9.95. The number of aromatic nitrogens is 1. The second-order valence-corrected chi connectivity index (χ2v) is 7.62. The van der Waals surface area contributed by atoms with E-state index in [-0.39, 0.29) is 11.8 Å². The molecule has 1 fully saturated rings. The van der Waals surface area contributed by atoms with Gasteiger partial charge in [-0.15, -0.1) is 0 Å². The van der Waals surface area contributed by atoms with Crippen molar-refractivity contribution in [2.45, 2.75) is 12.6 Å². The number of hydrogen-bond acceptors (Lipinski definition) is 4. The number of rotatable bonds is 2. The van der Waals surface area contributed by atoms with Gasteiger partial charge in [0.2, 0.25) is 5.91 Å². The van der Waals surface area contributed by atoms with Gasteiger partial charge in [0.15, 0.2) is 0 Å². The van der Waals surface area contributed by atoms with Crippen LogP contribution in [0.4, 0.5) is 19.0 Å². The first-order chi connectivity index (χ1) is 13.8. The standard InChI is InChI=1S/C20H19ClF3N3O2/c21-16-2-3-17-13(10-16)9-14(12-29-17)19(28)27-7-5-26(6-8-27)18-4-1-15(11-25-18)20(22,23)24/h1-4,10-11,14H,5-9,12H2/t14-/m0/s1. The van der Waals surface area contributed by atoms with E-state index in [0.29, 0.717) is 50.0 Å². The van der Waals surface area contributed by atoms with Crippen molar-refractivity contribution in [3.05, 3.63) is 52.7 Å². The van der Waals surface area contributed by atoms with E-state index in [4.69, 9.17) is 16.3 Å². The third-order valence-corrected chi connectivity index (χ3v) is 5.50. The first-order valence-corrected chi connectivity index (χ1v) is 9.67. The molecule has 9 heteroatoms. The molecule has 5 nitrogen and oxygen atoms in total. The molecule has 0 unspecified atom stereocenters. The fourth-order valence-electron chi connectivity index (χ4n) is 3.68. The van der Waals surface area contributed by atoms with Gasteiger partial charge in [-0.25, -0.2) is 4.98 Å². The van der Waals surface area contributed by atoms with Gasteiger partial charge < -0.3 is 14.5 Å². The first kappa shape index (κ1) is 19.8. The van der Waals surface area contributed by atoms with E-state index in [1.807, 2.05) is 17.0 Å². The van der Waals surface area contributed by atoms with Crippen molar-refractivity contribution in [2.75, 3.05) is 37.7 Å². The molecule has 29 heavy (non-hydrogen) atoms. The van der Waals surface area contributed by atoms with Crippen LogP contribution in [0.15, 0.2) is 36.5 Å². The predicted molar refractivity (Wildman–Crippen MR) is 102 cm³/mol. The Bertz CT molecular complexity index is 897. The molecule has 1 aromatic carbocycles. The summed E-state index contributed by atoms with van der Waals surface area (Å²) in [6.45, 7) is 2.33. The predicted octanol–water partition coefficient (Wildman–Crippen LogP) is 3.65. The number of halogens is 4. The normalized spacial score (nSPS) is 19.5. The summed E-state index contributed by atoms with van der Waals surface area (Å²) in [6.07, 6.45) is -2.98. The van der Waals surface area contributed by atoms with Crippen molar-refractivity contribution >= 4 is 23.3 Å². The van der Waals surface area contributed by atoms with E-state index in [0.717, 1.165) is 23.6 Å². The van der Waals surface area contributed by atoms with Crippen molar-refractivity contribution in [3.63, 3.8) is 0 Å². The Hall–Kier alpha value is -2.48. The third kappa shape index (κ3) is 4.27. The number of hydrogen-bond donors (Lipinski definition) is 0. The minimum Gasteiger partial charge on any atom is -0.492 e. The van der Waals surface area contributed by atoms with Crippen LogP contribution in [-0.2, 0) is 17.4 Å². The molecule has 1 atom stereocenters. The van der Waals surface area contributed by atoms with Crippen LogP contribution in [0.2, 0.25) is 5.02 Å². The summed E-state index contributed by atoms with van der Waals surface area (Å²) in [6, 6.07) is 7.80. The SMILES string of the molecule is O=C([C@@H]1COc2ccc(Cl)cc2C1)N1CCN(c2ccc(C(F)(F)F)cn2)CC1. The second kappa shape index (κ2) is 7.74. The molecule has 0 bridgehead atoms. The number of pyridine rings is 1. The molecular weight excluding hydrogens is 407 g/mol. The molecule has 0 spiro atoms. The summed E-state index contributed by atoms with van der Waals surface area (Å²) in [5.41, 5.74) is 0.155. The zero-order valence-corrected chi connectivity index (χ0v) is 16.2. The van der Waals surface area contributed by atoms with Gasteiger partial charge >= 0.3 is 6.18 Å². The van der Waals surface area contributed by atoms with Crippen molar-refractivity contribution in [1.82, 2.24) is 9.88 Å². The lowest BCUT2D eigenvalue weighted by Crippen LogP contribution is -2.51. The average molecular weight is 426 g/mol. The van der Waals surface area contributed by atoms with Crippen LogP contribution in [0.5, 0.6) is 5.75 Å². The van der Waals surface area contributed by atoms with Crippen molar-refractivity contribution in [1.29, 1.82) is 0 Å². The lowest BCUT2D eigenvalue weighted by Gasteiger charge is -2.37. The number of benzene rings is 1. The van der Waals surface area contributed by atoms with E-state index >= 15 is 0 Å². The van der Waals surface area contributed by atoms with Crippen LogP contribution in [0, 0.1) is 5.92 Å². The number of carbonyl (C=O) groups excluding carboxylic acids is 1. The molecular formula is C20H19ClF3N3O2. The van der Waals surface area contributed by atoms with Crippen LogP contribution < -0.4 is 9.64 Å². The monoisotopic (exact) mass is 425 g/mol. The minimum atomic E-state index is -4.40. The van der Waals surface area contributed by atoms with Crippen molar-refractivity contribution < 1.29 is 22.7 Å². The summed E-state index contributed by atoms with van der Waals surface area (Å²) >= 11 is 6.04. The van der Waals surface area contributed by atoms with Gasteiger partial charge in [0.25, 0.3) is 0 Å². The molecule has 2 aliphatic heterocycles. The molecule has 0 radical (unpaired) electrons. The van der Waals surface area contributed by atoms with Crippen LogP contribution in [0.3, 0.4) is 0 Å². The molecule has 0 aliphatic carbocycles. The molecule has 3 heterocycles. The highest BCUT2D eigenvalue weighted by molar-refractivity contribution is 6.30. The first-order valence-electron chi connectivity index (χ1n) is 9.29. The third-order valence-electron chi connectivity index (χ3n) is 5.27. The van der Waals surface area contributed by atoms with E-state index < -0.39 is 11.7 Å². The Kier molecular flexibility index (Phi) is 5.29. The Morgan fingerprint density at radius 2 is 1.90 bits per heavy atom. The maximum absolute atomic E-state index is 12.9. The van der Waals surface area contributed by atoms with Gasteiger partial charge in [0.05, 0.1) is 11.5 Å². The number of nitrogens with zero attached hydrogens (tertiary/aromatic N) is 3. The van der Waals surface area contributed by atoms with E-state index in [9.17, 15) is 18.0 Å². The molecule has 0 N–H and O–H groups in total. The molecule has 1 saturated heterocycles. The van der Waals surface area contributed by atoms with E-state index in [1.54, 1.807) is 11.0 Å². The summed E-state index contributed by atoms with van der Waals surface area (Å²) in [5.74, 6) is 0.999. The quantitative estimate of drug-likeness (QED) is 0.736. The number of anilines is 1. The molecule has 0 saturated carbocycles. The highest BCUT2D eigenvalue weighted by atomic mass is 35.5. The van der Waals surface area contributed by atoms with Gasteiger partial charge in [0, 0.05) is 37.4 Å². The average Bonchev–Trinajstić information content (AvgIpc) is 2.72. The van der Waals surface area contributed by atoms with Gasteiger partial charge in [-0.1, -0.05) is 11.6 Å². The van der Waals surface area contributed by atoms with Crippen molar-refractivity contribution in [3.8, 4) is 5.75 Å². The number of carbonyl (C=O) groups is 1. The second-order valence-electron chi connectivity index (χ2n) is 7.18. The van der Waals surface area contributed by atoms with Crippen LogP contribution in [0.1, 0.15) is 11.1 Å². The molecule has 1 amide bonds. The zero-order chi connectivity index (χ0) is 20.6. The molecule has 2 aliphatic rings. The number of alkyl halides is 3. The summed E-state index contributed by atoms with van der Waals surface area (Å²) < 4.78 is 43.7. The lowest BCUT2D eigenvalue weighted by molar-refractivity contribution is -0.138. The van der Waals surface area contributed by atoms with E-state index in [2.05, 4.69) is 4.98 Å². The number of amides is 1. The van der Waals surface area contributed by atoms with Crippen LogP contribution in [-0.4, -0.2) is 48.6 Å². The van der Waals surface area contributed by atoms with Gasteiger partial charge in [-0.2, -0.15) is 13.2 Å². The van der Waals surface area contributed by atoms with Crippen LogP contribution in [0.25, 0.3) is 0 Å². The Morgan fingerprint density at radius 1 is 1.14 bits per heavy atom. The Balaban J connectivity index is 1.35. The fourth-order valence-corrected chi connectivity index (χ4v) is 3.87. The fraction of sp³-hybridized carbons (Fsp3) is 0.400.